The van der Waals surface area contributed by atoms with Crippen molar-refractivity contribution in [2.45, 2.75) is 9.79 Å². The lowest BCUT2D eigenvalue weighted by Crippen LogP contribution is -1.91. The van der Waals surface area contributed by atoms with Gasteiger partial charge in [0.15, 0.2) is 0 Å². The Morgan fingerprint density at radius 1 is 0.800 bits per heavy atom. The normalized spacial score (nSPS) is 11.2. The molecule has 0 radical (unpaired) electrons. The highest BCUT2D eigenvalue weighted by Gasteiger charge is 2.14. The second kappa shape index (κ2) is 5.58. The van der Waals surface area contributed by atoms with Crippen molar-refractivity contribution < 1.29 is 4.74 Å². The van der Waals surface area contributed by atoms with Gasteiger partial charge in [-0.15, -0.1) is 23.5 Å². The summed E-state index contributed by atoms with van der Waals surface area (Å²) < 4.78 is 5.80. The van der Waals surface area contributed by atoms with Crippen LogP contribution in [0.25, 0.3) is 21.5 Å². The summed E-state index contributed by atoms with van der Waals surface area (Å²) in [5.74, 6) is 0.993. The predicted octanol–water partition coefficient (Wildman–Crippen LogP) is 5.45. The van der Waals surface area contributed by atoms with Gasteiger partial charge in [0, 0.05) is 20.6 Å². The van der Waals surface area contributed by atoms with Crippen LogP contribution in [0.3, 0.4) is 0 Å². The monoisotopic (exact) mass is 300 g/mol. The van der Waals surface area contributed by atoms with Gasteiger partial charge >= 0.3 is 0 Å². The molecule has 0 unspecified atom stereocenters. The highest BCUT2D eigenvalue weighted by molar-refractivity contribution is 7.99. The molecule has 0 heterocycles. The molecule has 102 valence electrons. The molecule has 0 atom stereocenters. The first kappa shape index (κ1) is 13.7. The molecule has 3 rings (SSSR count). The third kappa shape index (κ3) is 2.05. The zero-order valence-corrected chi connectivity index (χ0v) is 13.4. The van der Waals surface area contributed by atoms with Crippen molar-refractivity contribution in [1.82, 2.24) is 0 Å². The summed E-state index contributed by atoms with van der Waals surface area (Å²) in [4.78, 5) is 2.52. The minimum atomic E-state index is 0.993. The fourth-order valence-electron chi connectivity index (χ4n) is 2.66. The van der Waals surface area contributed by atoms with E-state index in [0.29, 0.717) is 0 Å². The van der Waals surface area contributed by atoms with Crippen molar-refractivity contribution in [1.29, 1.82) is 0 Å². The van der Waals surface area contributed by atoms with Gasteiger partial charge in [-0.3, -0.25) is 0 Å². The summed E-state index contributed by atoms with van der Waals surface area (Å²) in [6.45, 7) is 0. The van der Waals surface area contributed by atoms with Crippen LogP contribution >= 0.6 is 23.5 Å². The van der Waals surface area contributed by atoms with Gasteiger partial charge in [-0.1, -0.05) is 24.3 Å². The maximum absolute atomic E-state index is 5.80. The van der Waals surface area contributed by atoms with Crippen LogP contribution in [0.4, 0.5) is 0 Å². The molecule has 20 heavy (non-hydrogen) atoms. The largest absolute Gasteiger partial charge is 0.495 e. The lowest BCUT2D eigenvalue weighted by Gasteiger charge is -2.15. The maximum Gasteiger partial charge on any atom is 0.136 e. The molecule has 0 aliphatic carbocycles. The first-order valence-electron chi connectivity index (χ1n) is 6.40. The molecule has 0 aliphatic rings. The van der Waals surface area contributed by atoms with E-state index in [-0.39, 0.29) is 0 Å². The Morgan fingerprint density at radius 3 is 1.70 bits per heavy atom. The van der Waals surface area contributed by atoms with E-state index in [4.69, 9.17) is 4.74 Å². The molecular formula is C17H16OS2. The van der Waals surface area contributed by atoms with Gasteiger partial charge in [0.1, 0.15) is 5.75 Å². The Labute approximate surface area is 127 Å². The van der Waals surface area contributed by atoms with Crippen molar-refractivity contribution in [3.05, 3.63) is 42.5 Å². The number of benzene rings is 3. The smallest absolute Gasteiger partial charge is 0.136 e. The van der Waals surface area contributed by atoms with Crippen LogP contribution < -0.4 is 4.74 Å². The highest BCUT2D eigenvalue weighted by atomic mass is 32.2. The molecule has 0 amide bonds. The quantitative estimate of drug-likeness (QED) is 0.470. The number of rotatable bonds is 3. The van der Waals surface area contributed by atoms with Gasteiger partial charge in [-0.25, -0.2) is 0 Å². The van der Waals surface area contributed by atoms with Gasteiger partial charge in [-0.2, -0.15) is 0 Å². The minimum absolute atomic E-state index is 0.993. The molecule has 0 N–H and O–H groups in total. The molecule has 0 saturated heterocycles. The van der Waals surface area contributed by atoms with E-state index in [1.165, 1.54) is 31.3 Å². The van der Waals surface area contributed by atoms with E-state index in [1.54, 1.807) is 30.6 Å². The zero-order chi connectivity index (χ0) is 14.1. The molecule has 0 aromatic heterocycles. The van der Waals surface area contributed by atoms with Gasteiger partial charge in [0.2, 0.25) is 0 Å². The third-order valence-corrected chi connectivity index (χ3v) is 5.09. The Bertz CT molecular complexity index is 719. The summed E-state index contributed by atoms with van der Waals surface area (Å²) in [7, 11) is 1.77. The summed E-state index contributed by atoms with van der Waals surface area (Å²) in [6, 6.07) is 15.1. The zero-order valence-electron chi connectivity index (χ0n) is 11.8. The number of hydrogen-bond acceptors (Lipinski definition) is 3. The highest BCUT2D eigenvalue weighted by Crippen LogP contribution is 2.42. The Morgan fingerprint density at radius 2 is 1.30 bits per heavy atom. The predicted molar refractivity (Wildman–Crippen MR) is 91.6 cm³/mol. The molecule has 3 aromatic rings. The summed E-state index contributed by atoms with van der Waals surface area (Å²) in [6.07, 6.45) is 4.22. The summed E-state index contributed by atoms with van der Waals surface area (Å²) >= 11 is 3.53. The van der Waals surface area contributed by atoms with Crippen molar-refractivity contribution >= 4 is 45.1 Å². The van der Waals surface area contributed by atoms with Crippen LogP contribution in [0, 0.1) is 0 Å². The summed E-state index contributed by atoms with van der Waals surface area (Å²) in [5.41, 5.74) is 0. The number of hydrogen-bond donors (Lipinski definition) is 0. The van der Waals surface area contributed by atoms with Crippen molar-refractivity contribution in [2.24, 2.45) is 0 Å². The molecular weight excluding hydrogens is 284 g/mol. The van der Waals surface area contributed by atoms with Crippen LogP contribution in [0.1, 0.15) is 0 Å². The van der Waals surface area contributed by atoms with Crippen LogP contribution in [0.5, 0.6) is 5.75 Å². The number of methoxy groups -OCH3 is 1. The standard InChI is InChI=1S/C17H16OS2/c1-18-17-15-11(6-4-8-13(15)19-2)10-12-7-5-9-14(20-3)16(12)17/h4-10H,1-3H3. The van der Waals surface area contributed by atoms with Crippen LogP contribution in [-0.2, 0) is 0 Å². The third-order valence-electron chi connectivity index (χ3n) is 3.53. The van der Waals surface area contributed by atoms with Gasteiger partial charge in [0.05, 0.1) is 7.11 Å². The van der Waals surface area contributed by atoms with Crippen molar-refractivity contribution in [3.63, 3.8) is 0 Å². The van der Waals surface area contributed by atoms with E-state index >= 15 is 0 Å². The van der Waals surface area contributed by atoms with Crippen molar-refractivity contribution in [3.8, 4) is 5.75 Å². The van der Waals surface area contributed by atoms with Gasteiger partial charge < -0.3 is 4.74 Å². The van der Waals surface area contributed by atoms with E-state index < -0.39 is 0 Å². The Balaban J connectivity index is 2.56. The maximum atomic E-state index is 5.80. The van der Waals surface area contributed by atoms with Crippen LogP contribution in [0.2, 0.25) is 0 Å². The van der Waals surface area contributed by atoms with Crippen LogP contribution in [0.15, 0.2) is 52.3 Å². The van der Waals surface area contributed by atoms with Crippen molar-refractivity contribution in [2.75, 3.05) is 19.6 Å². The Kier molecular flexibility index (Phi) is 3.81. The Hall–Kier alpha value is -1.32. The van der Waals surface area contributed by atoms with Crippen LogP contribution in [-0.4, -0.2) is 19.6 Å². The molecule has 0 fully saturated rings. The van der Waals surface area contributed by atoms with Gasteiger partial charge in [-0.05, 0) is 41.5 Å². The van der Waals surface area contributed by atoms with E-state index in [1.807, 2.05) is 0 Å². The first-order valence-corrected chi connectivity index (χ1v) is 8.85. The average Bonchev–Trinajstić information content (AvgIpc) is 2.51. The average molecular weight is 300 g/mol. The summed E-state index contributed by atoms with van der Waals surface area (Å²) in [5, 5.41) is 4.91. The molecule has 3 aromatic carbocycles. The lowest BCUT2D eigenvalue weighted by atomic mass is 10.0. The molecule has 0 saturated carbocycles. The van der Waals surface area contributed by atoms with E-state index in [9.17, 15) is 0 Å². The van der Waals surface area contributed by atoms with E-state index in [2.05, 4.69) is 55.0 Å². The second-order valence-electron chi connectivity index (χ2n) is 4.53. The lowest BCUT2D eigenvalue weighted by molar-refractivity contribution is 0.423. The topological polar surface area (TPSA) is 9.23 Å². The second-order valence-corrected chi connectivity index (χ2v) is 6.22. The van der Waals surface area contributed by atoms with E-state index in [0.717, 1.165) is 5.75 Å². The fraction of sp³-hybridized carbons (Fsp3) is 0.176. The minimum Gasteiger partial charge on any atom is -0.495 e. The number of fused-ring (bicyclic) bond motifs is 2. The molecule has 1 nitrogen and oxygen atoms in total. The number of ether oxygens (including phenoxy) is 1. The molecule has 3 heteroatoms. The molecule has 0 aliphatic heterocycles. The number of thioether (sulfide) groups is 2. The molecule has 0 spiro atoms. The fourth-order valence-corrected chi connectivity index (χ4v) is 3.92. The first-order chi connectivity index (χ1) is 9.80. The molecule has 0 bridgehead atoms. The van der Waals surface area contributed by atoms with Gasteiger partial charge in [0.25, 0.3) is 0 Å². The SMILES string of the molecule is COc1c2c(SC)cccc2cc2cccc(SC)c12.